The van der Waals surface area contributed by atoms with Crippen LogP contribution in [0.25, 0.3) is 0 Å². The van der Waals surface area contributed by atoms with Crippen molar-refractivity contribution in [2.75, 3.05) is 18.0 Å². The van der Waals surface area contributed by atoms with E-state index in [-0.39, 0.29) is 5.92 Å². The van der Waals surface area contributed by atoms with Crippen molar-refractivity contribution < 1.29 is 4.79 Å². The number of nitrogens with zero attached hydrogens (tertiary/aromatic N) is 1. The number of carbonyl (C=O) groups excluding carboxylic acids is 1. The quantitative estimate of drug-likeness (QED) is 0.833. The fraction of sp³-hybridized carbons (Fsp3) is 0.500. The van der Waals surface area contributed by atoms with Gasteiger partial charge in [0.1, 0.15) is 5.78 Å². The highest BCUT2D eigenvalue weighted by molar-refractivity contribution is 9.10. The fourth-order valence-electron chi connectivity index (χ4n) is 2.38. The number of Topliss-reactive ketones (excluding diaryl/α,β-unsaturated/α-hetero) is 1. The zero-order valence-electron chi connectivity index (χ0n) is 10.4. The van der Waals surface area contributed by atoms with Crippen molar-refractivity contribution in [3.8, 4) is 0 Å². The van der Waals surface area contributed by atoms with Crippen LogP contribution in [0, 0.1) is 5.92 Å². The molecule has 1 heterocycles. The number of carbonyl (C=O) groups is 1. The minimum absolute atomic E-state index is 0.164. The highest BCUT2D eigenvalue weighted by Crippen LogP contribution is 2.28. The van der Waals surface area contributed by atoms with Crippen molar-refractivity contribution in [2.24, 2.45) is 5.92 Å². The smallest absolute Gasteiger partial charge is 0.139 e. The zero-order chi connectivity index (χ0) is 12.4. The van der Waals surface area contributed by atoms with E-state index in [0.717, 1.165) is 24.0 Å². The number of aryl methyl sites for hydroxylation is 1. The number of piperidine rings is 1. The van der Waals surface area contributed by atoms with E-state index in [1.807, 2.05) is 6.92 Å². The third kappa shape index (κ3) is 2.71. The molecule has 1 aromatic rings. The second-order valence-electron chi connectivity index (χ2n) is 4.69. The topological polar surface area (TPSA) is 20.3 Å². The average molecular weight is 296 g/mol. The van der Waals surface area contributed by atoms with Gasteiger partial charge in [-0.3, -0.25) is 4.79 Å². The van der Waals surface area contributed by atoms with Gasteiger partial charge in [0.15, 0.2) is 0 Å². The molecule has 92 valence electrons. The Kier molecular flexibility index (Phi) is 3.87. The summed E-state index contributed by atoms with van der Waals surface area (Å²) in [7, 11) is 0. The van der Waals surface area contributed by atoms with Gasteiger partial charge in [0.25, 0.3) is 0 Å². The molecule has 2 nitrogen and oxygen atoms in total. The van der Waals surface area contributed by atoms with Crippen molar-refractivity contribution >= 4 is 27.4 Å². The molecule has 0 bridgehead atoms. The van der Waals surface area contributed by atoms with E-state index in [4.69, 9.17) is 0 Å². The zero-order valence-corrected chi connectivity index (χ0v) is 12.0. The van der Waals surface area contributed by atoms with E-state index >= 15 is 0 Å². The summed E-state index contributed by atoms with van der Waals surface area (Å²) >= 11 is 3.51. The predicted octanol–water partition coefficient (Wildman–Crippen LogP) is 3.43. The van der Waals surface area contributed by atoms with Crippen LogP contribution in [0.2, 0.25) is 0 Å². The van der Waals surface area contributed by atoms with Crippen LogP contribution in [-0.2, 0) is 11.2 Å². The summed E-state index contributed by atoms with van der Waals surface area (Å²) in [5.41, 5.74) is 2.64. The lowest BCUT2D eigenvalue weighted by Crippen LogP contribution is -2.40. The first-order valence-corrected chi connectivity index (χ1v) is 6.97. The van der Waals surface area contributed by atoms with Crippen LogP contribution in [0.15, 0.2) is 22.7 Å². The predicted molar refractivity (Wildman–Crippen MR) is 74.5 cm³/mol. The molecule has 0 spiro atoms. The van der Waals surface area contributed by atoms with Crippen molar-refractivity contribution in [3.63, 3.8) is 0 Å². The van der Waals surface area contributed by atoms with Crippen LogP contribution in [-0.4, -0.2) is 18.9 Å². The molecular weight excluding hydrogens is 278 g/mol. The summed E-state index contributed by atoms with van der Waals surface area (Å²) < 4.78 is 1.12. The van der Waals surface area contributed by atoms with Gasteiger partial charge >= 0.3 is 0 Å². The third-order valence-electron chi connectivity index (χ3n) is 3.44. The van der Waals surface area contributed by atoms with E-state index in [9.17, 15) is 4.79 Å². The summed E-state index contributed by atoms with van der Waals surface area (Å²) in [6.45, 7) is 5.91. The molecule has 0 amide bonds. The molecule has 0 aromatic heterocycles. The van der Waals surface area contributed by atoms with Gasteiger partial charge in [-0.05, 0) is 30.2 Å². The average Bonchev–Trinajstić information content (AvgIpc) is 2.32. The van der Waals surface area contributed by atoms with Crippen LogP contribution in [0.5, 0.6) is 0 Å². The lowest BCUT2D eigenvalue weighted by Gasteiger charge is -2.33. The number of benzene rings is 1. The Morgan fingerprint density at radius 3 is 2.88 bits per heavy atom. The number of ketones is 1. The molecule has 1 aromatic carbocycles. The number of hydrogen-bond acceptors (Lipinski definition) is 2. The number of rotatable bonds is 2. The Hall–Kier alpha value is -0.830. The van der Waals surface area contributed by atoms with Gasteiger partial charge in [0, 0.05) is 35.6 Å². The van der Waals surface area contributed by atoms with Crippen molar-refractivity contribution in [1.82, 2.24) is 0 Å². The molecule has 0 radical (unpaired) electrons. The maximum absolute atomic E-state index is 11.5. The lowest BCUT2D eigenvalue weighted by molar-refractivity contribution is -0.122. The van der Waals surface area contributed by atoms with Crippen LogP contribution >= 0.6 is 15.9 Å². The summed E-state index contributed by atoms with van der Waals surface area (Å²) in [5.74, 6) is 0.563. The Morgan fingerprint density at radius 2 is 2.24 bits per heavy atom. The van der Waals surface area contributed by atoms with E-state index < -0.39 is 0 Å². The van der Waals surface area contributed by atoms with E-state index in [1.165, 1.54) is 11.3 Å². The summed E-state index contributed by atoms with van der Waals surface area (Å²) in [5, 5.41) is 0. The first-order chi connectivity index (χ1) is 8.11. The molecule has 17 heavy (non-hydrogen) atoms. The molecule has 3 heteroatoms. The van der Waals surface area contributed by atoms with Crippen LogP contribution in [0.4, 0.5) is 5.69 Å². The van der Waals surface area contributed by atoms with Gasteiger partial charge in [-0.2, -0.15) is 0 Å². The molecule has 1 saturated heterocycles. The lowest BCUT2D eigenvalue weighted by atomic mass is 9.97. The molecule has 1 fully saturated rings. The van der Waals surface area contributed by atoms with Crippen LogP contribution < -0.4 is 4.90 Å². The number of hydrogen-bond donors (Lipinski definition) is 0. The molecule has 1 atom stereocenters. The normalized spacial score (nSPS) is 20.8. The van der Waals surface area contributed by atoms with Crippen molar-refractivity contribution in [2.45, 2.75) is 26.7 Å². The highest BCUT2D eigenvalue weighted by atomic mass is 79.9. The standard InChI is InChI=1S/C14H18BrNO/c1-3-11-8-12(15)4-5-13(11)16-7-6-14(17)10(2)9-16/h4-5,8,10H,3,6-7,9H2,1-2H3. The van der Waals surface area contributed by atoms with Gasteiger partial charge in [-0.15, -0.1) is 0 Å². The molecule has 0 N–H and O–H groups in total. The second-order valence-corrected chi connectivity index (χ2v) is 5.61. The Morgan fingerprint density at radius 1 is 1.47 bits per heavy atom. The largest absolute Gasteiger partial charge is 0.370 e. The SMILES string of the molecule is CCc1cc(Br)ccc1N1CCC(=O)C(C)C1. The van der Waals surface area contributed by atoms with E-state index in [1.54, 1.807) is 0 Å². The molecule has 2 rings (SSSR count). The highest BCUT2D eigenvalue weighted by Gasteiger charge is 2.24. The fourth-order valence-corrected chi connectivity index (χ4v) is 2.79. The second kappa shape index (κ2) is 5.21. The molecule has 1 aliphatic rings. The van der Waals surface area contributed by atoms with Gasteiger partial charge < -0.3 is 4.90 Å². The summed E-state index contributed by atoms with van der Waals surface area (Å²) in [4.78, 5) is 13.9. The Bertz CT molecular complexity index is 430. The first-order valence-electron chi connectivity index (χ1n) is 6.18. The maximum atomic E-state index is 11.5. The van der Waals surface area contributed by atoms with Gasteiger partial charge in [-0.1, -0.05) is 29.8 Å². The maximum Gasteiger partial charge on any atom is 0.139 e. The molecule has 1 unspecified atom stereocenters. The minimum Gasteiger partial charge on any atom is -0.370 e. The minimum atomic E-state index is 0.164. The molecule has 0 saturated carbocycles. The van der Waals surface area contributed by atoms with Crippen LogP contribution in [0.1, 0.15) is 25.8 Å². The number of halogens is 1. The van der Waals surface area contributed by atoms with Gasteiger partial charge in [0.2, 0.25) is 0 Å². The molecular formula is C14H18BrNO. The number of anilines is 1. The Labute approximate surface area is 111 Å². The van der Waals surface area contributed by atoms with E-state index in [0.29, 0.717) is 12.2 Å². The monoisotopic (exact) mass is 295 g/mol. The summed E-state index contributed by atoms with van der Waals surface area (Å²) in [6, 6.07) is 6.41. The Balaban J connectivity index is 2.25. The van der Waals surface area contributed by atoms with E-state index in [2.05, 4.69) is 46.0 Å². The first kappa shape index (κ1) is 12.6. The van der Waals surface area contributed by atoms with Crippen molar-refractivity contribution in [3.05, 3.63) is 28.2 Å². The van der Waals surface area contributed by atoms with Gasteiger partial charge in [0.05, 0.1) is 0 Å². The molecule has 0 aliphatic carbocycles. The molecule has 1 aliphatic heterocycles. The van der Waals surface area contributed by atoms with Gasteiger partial charge in [-0.25, -0.2) is 0 Å². The van der Waals surface area contributed by atoms with Crippen LogP contribution in [0.3, 0.4) is 0 Å². The summed E-state index contributed by atoms with van der Waals surface area (Å²) in [6.07, 6.45) is 1.70. The third-order valence-corrected chi connectivity index (χ3v) is 3.93. The van der Waals surface area contributed by atoms with Crippen molar-refractivity contribution in [1.29, 1.82) is 0 Å².